The highest BCUT2D eigenvalue weighted by Gasteiger charge is 2.47. The third-order valence-electron chi connectivity index (χ3n) is 3.17. The van der Waals surface area contributed by atoms with Crippen LogP contribution in [0, 0.1) is 0 Å². The molecule has 5 heteroatoms. The largest absolute Gasteiger partial charge is 0.394 e. The van der Waals surface area contributed by atoms with Crippen molar-refractivity contribution in [2.45, 2.75) is 44.1 Å². The van der Waals surface area contributed by atoms with Gasteiger partial charge in [-0.1, -0.05) is 30.3 Å². The summed E-state index contributed by atoms with van der Waals surface area (Å²) in [6.07, 6.45) is -1.69. The minimum atomic E-state index is -1.54. The van der Waals surface area contributed by atoms with Gasteiger partial charge in [0.1, 0.15) is 6.10 Å². The van der Waals surface area contributed by atoms with E-state index in [2.05, 4.69) is 0 Å². The van der Waals surface area contributed by atoms with Crippen molar-refractivity contribution in [2.75, 3.05) is 6.61 Å². The van der Waals surface area contributed by atoms with Gasteiger partial charge in [0.2, 0.25) is 0 Å². The van der Waals surface area contributed by atoms with Crippen molar-refractivity contribution in [3.8, 4) is 0 Å². The van der Waals surface area contributed by atoms with Gasteiger partial charge in [-0.3, -0.25) is 0 Å². The first-order chi connectivity index (χ1) is 8.86. The molecule has 1 fully saturated rings. The van der Waals surface area contributed by atoms with E-state index in [1.807, 2.05) is 6.07 Å². The van der Waals surface area contributed by atoms with Gasteiger partial charge in [0.05, 0.1) is 12.7 Å². The highest BCUT2D eigenvalue weighted by atomic mass is 16.8. The molecule has 1 aliphatic rings. The molecule has 0 bridgehead atoms. The van der Waals surface area contributed by atoms with Gasteiger partial charge in [0.25, 0.3) is 0 Å². The molecule has 1 aromatic rings. The number of ether oxygens (including phenoxy) is 2. The third kappa shape index (κ3) is 3.13. The molecule has 2 rings (SSSR count). The number of benzene rings is 1. The molecule has 0 saturated carbocycles. The summed E-state index contributed by atoms with van der Waals surface area (Å²) in [5, 5.41) is 29.5. The first kappa shape index (κ1) is 14.4. The predicted octanol–water partition coefficient (Wildman–Crippen LogP) is 0.726. The van der Waals surface area contributed by atoms with Crippen molar-refractivity contribution in [3.05, 3.63) is 35.9 Å². The topological polar surface area (TPSA) is 79.2 Å². The molecule has 0 aliphatic carbocycles. The van der Waals surface area contributed by atoms with E-state index in [1.54, 1.807) is 38.1 Å². The summed E-state index contributed by atoms with van der Waals surface area (Å²) < 4.78 is 11.2. The number of aliphatic hydroxyl groups excluding tert-OH is 2. The van der Waals surface area contributed by atoms with Gasteiger partial charge < -0.3 is 24.8 Å². The van der Waals surface area contributed by atoms with E-state index in [4.69, 9.17) is 14.6 Å². The van der Waals surface area contributed by atoms with Crippen LogP contribution in [0.5, 0.6) is 0 Å². The Morgan fingerprint density at radius 1 is 1.32 bits per heavy atom. The number of rotatable bonds is 3. The van der Waals surface area contributed by atoms with Crippen LogP contribution >= 0.6 is 0 Å². The van der Waals surface area contributed by atoms with Crippen molar-refractivity contribution in [3.63, 3.8) is 0 Å². The molecule has 1 aromatic carbocycles. The lowest BCUT2D eigenvalue weighted by atomic mass is 9.94. The molecule has 3 atom stereocenters. The van der Waals surface area contributed by atoms with E-state index < -0.39 is 30.4 Å². The highest BCUT2D eigenvalue weighted by molar-refractivity contribution is 5.21. The van der Waals surface area contributed by atoms with Gasteiger partial charge in [0, 0.05) is 12.0 Å². The van der Waals surface area contributed by atoms with Gasteiger partial charge in [-0.25, -0.2) is 0 Å². The van der Waals surface area contributed by atoms with E-state index in [0.29, 0.717) is 5.56 Å². The van der Waals surface area contributed by atoms with Crippen LogP contribution < -0.4 is 0 Å². The lowest BCUT2D eigenvalue weighted by Gasteiger charge is -2.46. The molecule has 5 nitrogen and oxygen atoms in total. The second-order valence-corrected chi connectivity index (χ2v) is 5.26. The summed E-state index contributed by atoms with van der Waals surface area (Å²) in [4.78, 5) is 0. The molecule has 0 amide bonds. The first-order valence-corrected chi connectivity index (χ1v) is 6.31. The number of hydrogen-bond donors (Lipinski definition) is 3. The second-order valence-electron chi connectivity index (χ2n) is 5.26. The van der Waals surface area contributed by atoms with Crippen molar-refractivity contribution >= 4 is 0 Å². The Balaban J connectivity index is 2.30. The molecule has 3 unspecified atom stereocenters. The molecule has 0 radical (unpaired) electrons. The van der Waals surface area contributed by atoms with E-state index in [1.165, 1.54) is 0 Å². The number of aliphatic hydroxyl groups is 3. The summed E-state index contributed by atoms with van der Waals surface area (Å²) >= 11 is 0. The molecule has 0 spiro atoms. The van der Waals surface area contributed by atoms with Gasteiger partial charge >= 0.3 is 0 Å². The maximum atomic E-state index is 10.7. The Labute approximate surface area is 112 Å². The fraction of sp³-hybridized carbons (Fsp3) is 0.571. The van der Waals surface area contributed by atoms with E-state index >= 15 is 0 Å². The van der Waals surface area contributed by atoms with Crippen molar-refractivity contribution < 1.29 is 24.8 Å². The van der Waals surface area contributed by atoms with Crippen molar-refractivity contribution in [1.29, 1.82) is 0 Å². The Hall–Kier alpha value is -0.980. The van der Waals surface area contributed by atoms with Crippen LogP contribution in [0.2, 0.25) is 0 Å². The van der Waals surface area contributed by atoms with Gasteiger partial charge in [-0.15, -0.1) is 0 Å². The Morgan fingerprint density at radius 3 is 2.53 bits per heavy atom. The van der Waals surface area contributed by atoms with E-state index in [0.717, 1.165) is 0 Å². The predicted molar refractivity (Wildman–Crippen MR) is 68.1 cm³/mol. The monoisotopic (exact) mass is 268 g/mol. The summed E-state index contributed by atoms with van der Waals surface area (Å²) in [6, 6.07) is 8.96. The van der Waals surface area contributed by atoms with Gasteiger partial charge in [-0.05, 0) is 13.8 Å². The molecular weight excluding hydrogens is 248 g/mol. The highest BCUT2D eigenvalue weighted by Crippen LogP contribution is 2.40. The SMILES string of the molecule is CC1(C)OC(C(O)CO)CC(O)(c2ccccc2)O1. The minimum absolute atomic E-state index is 0.0577. The van der Waals surface area contributed by atoms with Crippen molar-refractivity contribution in [1.82, 2.24) is 0 Å². The summed E-state index contributed by atoms with van der Waals surface area (Å²) in [5.74, 6) is -2.59. The maximum absolute atomic E-state index is 10.7. The van der Waals surface area contributed by atoms with Gasteiger partial charge in [-0.2, -0.15) is 0 Å². The lowest BCUT2D eigenvalue weighted by Crippen LogP contribution is -2.54. The molecule has 1 heterocycles. The number of hydrogen-bond acceptors (Lipinski definition) is 5. The van der Waals surface area contributed by atoms with Crippen LogP contribution in [-0.2, 0) is 15.3 Å². The average molecular weight is 268 g/mol. The zero-order valence-electron chi connectivity index (χ0n) is 11.1. The van der Waals surface area contributed by atoms with Gasteiger partial charge in [0.15, 0.2) is 11.6 Å². The fourth-order valence-corrected chi connectivity index (χ4v) is 2.36. The quantitative estimate of drug-likeness (QED) is 0.753. The third-order valence-corrected chi connectivity index (χ3v) is 3.17. The first-order valence-electron chi connectivity index (χ1n) is 6.31. The minimum Gasteiger partial charge on any atom is -0.394 e. The maximum Gasteiger partial charge on any atom is 0.198 e. The molecule has 1 saturated heterocycles. The fourth-order valence-electron chi connectivity index (χ4n) is 2.36. The molecule has 1 aliphatic heterocycles. The second kappa shape index (κ2) is 5.19. The van der Waals surface area contributed by atoms with Crippen LogP contribution in [0.25, 0.3) is 0 Å². The zero-order valence-corrected chi connectivity index (χ0v) is 11.1. The Kier molecular flexibility index (Phi) is 3.94. The summed E-state index contributed by atoms with van der Waals surface area (Å²) in [5.41, 5.74) is 0.599. The summed E-state index contributed by atoms with van der Waals surface area (Å²) in [6.45, 7) is 2.90. The normalized spacial score (nSPS) is 31.9. The average Bonchev–Trinajstić information content (AvgIpc) is 2.36. The summed E-state index contributed by atoms with van der Waals surface area (Å²) in [7, 11) is 0. The Morgan fingerprint density at radius 2 is 1.95 bits per heavy atom. The zero-order chi connectivity index (χ0) is 14.1. The van der Waals surface area contributed by atoms with Crippen LogP contribution in [0.3, 0.4) is 0 Å². The lowest BCUT2D eigenvalue weighted by molar-refractivity contribution is -0.405. The molecule has 3 N–H and O–H groups in total. The van der Waals surface area contributed by atoms with E-state index in [9.17, 15) is 10.2 Å². The standard InChI is InChI=1S/C14H20O5/c1-13(2)18-12(11(16)9-15)8-14(17,19-13)10-6-4-3-5-7-10/h3-7,11-12,15-17H,8-9H2,1-2H3. The molecular formula is C14H20O5. The molecule has 19 heavy (non-hydrogen) atoms. The van der Waals surface area contributed by atoms with E-state index in [-0.39, 0.29) is 6.42 Å². The van der Waals surface area contributed by atoms with Crippen LogP contribution in [-0.4, -0.2) is 39.9 Å². The van der Waals surface area contributed by atoms with Crippen molar-refractivity contribution in [2.24, 2.45) is 0 Å². The molecule has 106 valence electrons. The molecule has 0 aromatic heterocycles. The van der Waals surface area contributed by atoms with Crippen LogP contribution in [0.4, 0.5) is 0 Å². The van der Waals surface area contributed by atoms with Crippen LogP contribution in [0.1, 0.15) is 25.8 Å². The van der Waals surface area contributed by atoms with Crippen LogP contribution in [0.15, 0.2) is 30.3 Å². The smallest absolute Gasteiger partial charge is 0.198 e. The Bertz CT molecular complexity index is 419.